The van der Waals surface area contributed by atoms with Crippen LogP contribution in [0.4, 0.5) is 0 Å². The van der Waals surface area contributed by atoms with E-state index in [1.807, 2.05) is 13.0 Å². The van der Waals surface area contributed by atoms with E-state index in [1.54, 1.807) is 37.3 Å². The molecule has 0 saturated carbocycles. The molecule has 0 aliphatic rings. The van der Waals surface area contributed by atoms with Crippen molar-refractivity contribution in [3.8, 4) is 28.6 Å². The van der Waals surface area contributed by atoms with Crippen LogP contribution in [-0.4, -0.2) is 26.5 Å². The highest BCUT2D eigenvalue weighted by molar-refractivity contribution is 5.84. The van der Waals surface area contributed by atoms with E-state index in [4.69, 9.17) is 4.42 Å². The normalized spacial score (nSPS) is 13.0. The number of furan rings is 1. The van der Waals surface area contributed by atoms with Gasteiger partial charge in [0.05, 0.1) is 6.10 Å². The van der Waals surface area contributed by atoms with Crippen molar-refractivity contribution in [1.29, 1.82) is 0 Å². The van der Waals surface area contributed by atoms with E-state index in [9.17, 15) is 20.4 Å². The highest BCUT2D eigenvalue weighted by atomic mass is 16.3. The number of aromatic hydroxyl groups is 3. The first-order valence-electron chi connectivity index (χ1n) is 9.51. The summed E-state index contributed by atoms with van der Waals surface area (Å²) in [6.45, 7) is 7.50. The van der Waals surface area contributed by atoms with Crippen LogP contribution in [-0.2, 0) is 6.42 Å². The lowest BCUT2D eigenvalue weighted by atomic mass is 10.0. The zero-order valence-electron chi connectivity index (χ0n) is 16.6. The Balaban J connectivity index is 1.78. The van der Waals surface area contributed by atoms with Crippen LogP contribution in [0.25, 0.3) is 22.3 Å². The molecular weight excluding hydrogens is 368 g/mol. The van der Waals surface area contributed by atoms with Gasteiger partial charge in [0, 0.05) is 22.6 Å². The quantitative estimate of drug-likeness (QED) is 0.401. The summed E-state index contributed by atoms with van der Waals surface area (Å²) in [7, 11) is 0. The van der Waals surface area contributed by atoms with Crippen LogP contribution >= 0.6 is 0 Å². The fraction of sp³-hybridized carbons (Fsp3) is 0.250. The zero-order chi connectivity index (χ0) is 21.1. The summed E-state index contributed by atoms with van der Waals surface area (Å²) in [5.74, 6) is 0.560. The number of hydrogen-bond donors (Lipinski definition) is 4. The van der Waals surface area contributed by atoms with Crippen LogP contribution in [0.1, 0.15) is 32.3 Å². The van der Waals surface area contributed by atoms with E-state index >= 15 is 0 Å². The Kier molecular flexibility index (Phi) is 5.99. The summed E-state index contributed by atoms with van der Waals surface area (Å²) in [5, 5.41) is 41.1. The summed E-state index contributed by atoms with van der Waals surface area (Å²) in [5.41, 5.74) is 3.31. The number of benzene rings is 2. The Morgan fingerprint density at radius 1 is 1.07 bits per heavy atom. The lowest BCUT2D eigenvalue weighted by molar-refractivity contribution is 0.201. The third-order valence-electron chi connectivity index (χ3n) is 5.03. The molecule has 5 nitrogen and oxygen atoms in total. The molecule has 1 heterocycles. The Morgan fingerprint density at radius 3 is 2.41 bits per heavy atom. The molecule has 0 aliphatic carbocycles. The van der Waals surface area contributed by atoms with Crippen molar-refractivity contribution in [2.75, 3.05) is 0 Å². The van der Waals surface area contributed by atoms with E-state index in [0.29, 0.717) is 41.7 Å². The van der Waals surface area contributed by atoms with Gasteiger partial charge in [-0.05, 0) is 63.4 Å². The number of phenolic OH excluding ortho intramolecular Hbond substituents is 3. The van der Waals surface area contributed by atoms with Crippen LogP contribution in [0, 0.1) is 0 Å². The molecule has 2 aromatic carbocycles. The second kappa shape index (κ2) is 8.45. The standard InChI is InChI=1S/C24H26O5/c1-14(2)20(26)9-5-15(3)4-8-19-21(27)10-17(11-22(19)28)23-12-16-6-7-18(25)13-24(16)29-23/h4,6-7,10-13,20,25-28H,1,5,8-9H2,2-3H3/b15-4+. The summed E-state index contributed by atoms with van der Waals surface area (Å²) < 4.78 is 5.73. The van der Waals surface area contributed by atoms with Crippen molar-refractivity contribution in [3.63, 3.8) is 0 Å². The second-order valence-corrected chi connectivity index (χ2v) is 7.48. The Morgan fingerprint density at radius 2 is 1.76 bits per heavy atom. The lowest BCUT2D eigenvalue weighted by Gasteiger charge is -2.11. The molecule has 3 rings (SSSR count). The number of rotatable bonds is 7. The molecule has 0 aliphatic heterocycles. The van der Waals surface area contributed by atoms with Gasteiger partial charge in [0.15, 0.2) is 0 Å². The van der Waals surface area contributed by atoms with Crippen molar-refractivity contribution < 1.29 is 24.8 Å². The van der Waals surface area contributed by atoms with Gasteiger partial charge in [-0.25, -0.2) is 0 Å². The second-order valence-electron chi connectivity index (χ2n) is 7.48. The SMILES string of the molecule is C=C(C)C(O)CC/C(C)=C/Cc1c(O)cc(-c2cc3ccc(O)cc3o2)cc1O. The number of allylic oxidation sites excluding steroid dienone is 2. The molecule has 4 N–H and O–H groups in total. The molecule has 0 fully saturated rings. The average Bonchev–Trinajstić information content (AvgIpc) is 3.08. The van der Waals surface area contributed by atoms with Crippen LogP contribution in [0.15, 0.2) is 64.6 Å². The molecule has 152 valence electrons. The Hall–Kier alpha value is -3.18. The topological polar surface area (TPSA) is 94.1 Å². The average molecular weight is 394 g/mol. The molecule has 0 radical (unpaired) electrons. The first-order valence-corrected chi connectivity index (χ1v) is 9.51. The van der Waals surface area contributed by atoms with Crippen molar-refractivity contribution >= 4 is 11.0 Å². The van der Waals surface area contributed by atoms with Crippen LogP contribution in [0.2, 0.25) is 0 Å². The fourth-order valence-corrected chi connectivity index (χ4v) is 3.14. The van der Waals surface area contributed by atoms with E-state index in [2.05, 4.69) is 6.58 Å². The smallest absolute Gasteiger partial charge is 0.138 e. The lowest BCUT2D eigenvalue weighted by Crippen LogP contribution is -2.06. The number of hydrogen-bond acceptors (Lipinski definition) is 5. The number of fused-ring (bicyclic) bond motifs is 1. The summed E-state index contributed by atoms with van der Waals surface area (Å²) >= 11 is 0. The van der Waals surface area contributed by atoms with Gasteiger partial charge in [-0.1, -0.05) is 23.8 Å². The van der Waals surface area contributed by atoms with Gasteiger partial charge in [-0.3, -0.25) is 0 Å². The van der Waals surface area contributed by atoms with Crippen molar-refractivity contribution in [3.05, 3.63) is 65.8 Å². The predicted octanol–water partition coefficient (Wildman–Crippen LogP) is 5.42. The van der Waals surface area contributed by atoms with Gasteiger partial charge in [-0.2, -0.15) is 0 Å². The zero-order valence-corrected chi connectivity index (χ0v) is 16.6. The molecule has 0 bridgehead atoms. The summed E-state index contributed by atoms with van der Waals surface area (Å²) in [6.07, 6.45) is 3.09. The molecule has 1 atom stereocenters. The van der Waals surface area contributed by atoms with E-state index in [1.165, 1.54) is 6.07 Å². The van der Waals surface area contributed by atoms with Gasteiger partial charge in [-0.15, -0.1) is 0 Å². The fourth-order valence-electron chi connectivity index (χ4n) is 3.14. The highest BCUT2D eigenvalue weighted by Gasteiger charge is 2.14. The minimum atomic E-state index is -0.523. The van der Waals surface area contributed by atoms with E-state index in [0.717, 1.165) is 16.5 Å². The molecule has 1 unspecified atom stereocenters. The summed E-state index contributed by atoms with van der Waals surface area (Å²) in [4.78, 5) is 0. The van der Waals surface area contributed by atoms with Crippen LogP contribution in [0.3, 0.4) is 0 Å². The molecule has 0 saturated heterocycles. The molecule has 0 spiro atoms. The van der Waals surface area contributed by atoms with E-state index in [-0.39, 0.29) is 17.2 Å². The largest absolute Gasteiger partial charge is 0.508 e. The molecule has 0 amide bonds. The minimum Gasteiger partial charge on any atom is -0.508 e. The maximum Gasteiger partial charge on any atom is 0.138 e. The molecule has 3 aromatic rings. The minimum absolute atomic E-state index is 0.0191. The summed E-state index contributed by atoms with van der Waals surface area (Å²) in [6, 6.07) is 9.74. The maximum atomic E-state index is 10.4. The number of phenols is 3. The van der Waals surface area contributed by atoms with Gasteiger partial charge in [0.2, 0.25) is 0 Å². The third-order valence-corrected chi connectivity index (χ3v) is 5.03. The molecule has 29 heavy (non-hydrogen) atoms. The van der Waals surface area contributed by atoms with Crippen molar-refractivity contribution in [1.82, 2.24) is 0 Å². The van der Waals surface area contributed by atoms with Gasteiger partial charge in [0.1, 0.15) is 28.6 Å². The third kappa shape index (κ3) is 4.81. The van der Waals surface area contributed by atoms with Gasteiger partial charge in [0.25, 0.3) is 0 Å². The molecular formula is C24H26O5. The first kappa shape index (κ1) is 20.6. The van der Waals surface area contributed by atoms with Crippen LogP contribution in [0.5, 0.6) is 17.2 Å². The number of aliphatic hydroxyl groups is 1. The van der Waals surface area contributed by atoms with E-state index < -0.39 is 6.10 Å². The predicted molar refractivity (Wildman–Crippen MR) is 114 cm³/mol. The Bertz CT molecular complexity index is 1050. The monoisotopic (exact) mass is 394 g/mol. The van der Waals surface area contributed by atoms with Crippen molar-refractivity contribution in [2.24, 2.45) is 0 Å². The molecule has 5 heteroatoms. The number of aliphatic hydroxyl groups excluding tert-OH is 1. The van der Waals surface area contributed by atoms with Gasteiger partial charge >= 0.3 is 0 Å². The highest BCUT2D eigenvalue weighted by Crippen LogP contribution is 2.37. The van der Waals surface area contributed by atoms with Crippen LogP contribution < -0.4 is 0 Å². The first-order chi connectivity index (χ1) is 13.7. The maximum absolute atomic E-state index is 10.4. The molecule has 1 aromatic heterocycles. The Labute approximate surface area is 169 Å². The van der Waals surface area contributed by atoms with Gasteiger partial charge < -0.3 is 24.8 Å². The van der Waals surface area contributed by atoms with Crippen molar-refractivity contribution in [2.45, 2.75) is 39.2 Å².